The minimum atomic E-state index is -4.16. The van der Waals surface area contributed by atoms with Crippen LogP contribution in [0.5, 0.6) is 0 Å². The van der Waals surface area contributed by atoms with Crippen LogP contribution in [0.4, 0.5) is 10.1 Å². The third-order valence-electron chi connectivity index (χ3n) is 2.48. The summed E-state index contributed by atoms with van der Waals surface area (Å²) in [6.07, 6.45) is 0.542. The van der Waals surface area contributed by atoms with Crippen LogP contribution in [0, 0.1) is 15.9 Å². The van der Waals surface area contributed by atoms with Crippen molar-refractivity contribution in [2.24, 2.45) is 5.73 Å². The van der Waals surface area contributed by atoms with Crippen molar-refractivity contribution < 1.29 is 17.7 Å². The second-order valence-electron chi connectivity index (χ2n) is 3.89. The minimum Gasteiger partial charge on any atom is -0.327 e. The second kappa shape index (κ2) is 6.04. The van der Waals surface area contributed by atoms with Crippen molar-refractivity contribution in [3.63, 3.8) is 0 Å². The molecule has 0 heterocycles. The molecule has 0 aliphatic carbocycles. The monoisotopic (exact) mass is 291 g/mol. The molecule has 1 rings (SSSR count). The summed E-state index contributed by atoms with van der Waals surface area (Å²) in [7, 11) is -4.16. The van der Waals surface area contributed by atoms with Crippen LogP contribution in [0.15, 0.2) is 23.1 Å². The van der Waals surface area contributed by atoms with E-state index in [-0.39, 0.29) is 6.54 Å². The maximum Gasteiger partial charge on any atom is 0.270 e. The number of rotatable bonds is 6. The number of nitro groups is 1. The summed E-state index contributed by atoms with van der Waals surface area (Å²) in [5.74, 6) is -1.05. The number of benzene rings is 1. The van der Waals surface area contributed by atoms with E-state index in [1.807, 2.05) is 0 Å². The first-order valence-electron chi connectivity index (χ1n) is 5.47. The first kappa shape index (κ1) is 15.5. The Kier molecular flexibility index (Phi) is 4.92. The normalized spacial score (nSPS) is 13.2. The SMILES string of the molecule is CCC(N)CNS(=O)(=O)c1cc([N+](=O)[O-])ccc1F. The van der Waals surface area contributed by atoms with Gasteiger partial charge in [0.05, 0.1) is 4.92 Å². The number of nitrogens with zero attached hydrogens (tertiary/aromatic N) is 1. The predicted octanol–water partition coefficient (Wildman–Crippen LogP) is 0.750. The number of nitrogens with two attached hydrogens (primary N) is 1. The second-order valence-corrected chi connectivity index (χ2v) is 5.63. The number of hydrogen-bond acceptors (Lipinski definition) is 5. The highest BCUT2D eigenvalue weighted by Gasteiger charge is 2.22. The maximum absolute atomic E-state index is 13.5. The van der Waals surface area contributed by atoms with Crippen LogP contribution in [0.3, 0.4) is 0 Å². The zero-order valence-electron chi connectivity index (χ0n) is 10.2. The molecule has 1 aromatic rings. The fraction of sp³-hybridized carbons (Fsp3) is 0.400. The first-order valence-corrected chi connectivity index (χ1v) is 6.95. The summed E-state index contributed by atoms with van der Waals surface area (Å²) < 4.78 is 39.2. The third-order valence-corrected chi connectivity index (χ3v) is 3.91. The van der Waals surface area contributed by atoms with Gasteiger partial charge in [-0.3, -0.25) is 10.1 Å². The average molecular weight is 291 g/mol. The fourth-order valence-corrected chi connectivity index (χ4v) is 2.44. The van der Waals surface area contributed by atoms with Gasteiger partial charge in [0.25, 0.3) is 5.69 Å². The van der Waals surface area contributed by atoms with Crippen LogP contribution in [-0.2, 0) is 10.0 Å². The van der Waals surface area contributed by atoms with Crippen molar-refractivity contribution in [2.75, 3.05) is 6.54 Å². The van der Waals surface area contributed by atoms with Crippen molar-refractivity contribution in [1.82, 2.24) is 4.72 Å². The van der Waals surface area contributed by atoms with Crippen LogP contribution < -0.4 is 10.5 Å². The number of nitrogens with one attached hydrogen (secondary N) is 1. The summed E-state index contributed by atoms with van der Waals surface area (Å²) in [5, 5.41) is 10.6. The molecule has 1 unspecified atom stereocenters. The van der Waals surface area contributed by atoms with Gasteiger partial charge in [-0.2, -0.15) is 0 Å². The van der Waals surface area contributed by atoms with E-state index in [1.54, 1.807) is 6.92 Å². The Bertz CT molecular complexity index is 576. The Hall–Kier alpha value is -1.58. The lowest BCUT2D eigenvalue weighted by Gasteiger charge is -2.11. The van der Waals surface area contributed by atoms with Gasteiger partial charge in [-0.25, -0.2) is 17.5 Å². The van der Waals surface area contributed by atoms with E-state index in [0.717, 1.165) is 12.1 Å². The highest BCUT2D eigenvalue weighted by atomic mass is 32.2. The molecule has 0 saturated heterocycles. The molecular formula is C10H14FN3O4S. The fourth-order valence-electron chi connectivity index (χ4n) is 1.25. The molecule has 0 aliphatic rings. The lowest BCUT2D eigenvalue weighted by Crippen LogP contribution is -2.37. The van der Waals surface area contributed by atoms with E-state index in [4.69, 9.17) is 5.73 Å². The topological polar surface area (TPSA) is 115 Å². The molecule has 0 bridgehead atoms. The third kappa shape index (κ3) is 3.94. The zero-order chi connectivity index (χ0) is 14.6. The van der Waals surface area contributed by atoms with Gasteiger partial charge in [0.15, 0.2) is 0 Å². The molecule has 3 N–H and O–H groups in total. The predicted molar refractivity (Wildman–Crippen MR) is 66.5 cm³/mol. The highest BCUT2D eigenvalue weighted by molar-refractivity contribution is 7.89. The molecule has 0 aromatic heterocycles. The van der Waals surface area contributed by atoms with E-state index in [2.05, 4.69) is 4.72 Å². The molecule has 106 valence electrons. The largest absolute Gasteiger partial charge is 0.327 e. The van der Waals surface area contributed by atoms with Gasteiger partial charge in [0.2, 0.25) is 10.0 Å². The van der Waals surface area contributed by atoms with E-state index in [0.29, 0.717) is 12.5 Å². The number of nitro benzene ring substituents is 1. The standard InChI is InChI=1S/C10H14FN3O4S/c1-2-7(12)6-13-19(17,18)10-5-8(14(15)16)3-4-9(10)11/h3-5,7,13H,2,6,12H2,1H3. The van der Waals surface area contributed by atoms with E-state index >= 15 is 0 Å². The Morgan fingerprint density at radius 2 is 2.16 bits per heavy atom. The molecule has 9 heteroatoms. The number of sulfonamides is 1. The summed E-state index contributed by atoms with van der Waals surface area (Å²) in [6, 6.07) is 1.91. The van der Waals surface area contributed by atoms with Crippen LogP contribution in [0.2, 0.25) is 0 Å². The van der Waals surface area contributed by atoms with Gasteiger partial charge in [0, 0.05) is 24.7 Å². The first-order chi connectivity index (χ1) is 8.77. The molecule has 1 atom stereocenters. The van der Waals surface area contributed by atoms with Gasteiger partial charge in [-0.1, -0.05) is 6.92 Å². The molecule has 0 amide bonds. The van der Waals surface area contributed by atoms with Crippen LogP contribution in [0.25, 0.3) is 0 Å². The van der Waals surface area contributed by atoms with Crippen molar-refractivity contribution in [2.45, 2.75) is 24.3 Å². The lowest BCUT2D eigenvalue weighted by molar-refractivity contribution is -0.385. The Labute approximate surface area is 109 Å². The molecule has 0 aliphatic heterocycles. The van der Waals surface area contributed by atoms with Crippen molar-refractivity contribution in [1.29, 1.82) is 0 Å². The highest BCUT2D eigenvalue weighted by Crippen LogP contribution is 2.20. The lowest BCUT2D eigenvalue weighted by atomic mass is 10.2. The number of hydrogen-bond donors (Lipinski definition) is 2. The number of non-ortho nitro benzene ring substituents is 1. The molecule has 7 nitrogen and oxygen atoms in total. The summed E-state index contributed by atoms with van der Waals surface area (Å²) >= 11 is 0. The molecule has 1 aromatic carbocycles. The van der Waals surface area contributed by atoms with Crippen LogP contribution in [0.1, 0.15) is 13.3 Å². The molecule has 0 fully saturated rings. The molecular weight excluding hydrogens is 277 g/mol. The Morgan fingerprint density at radius 3 is 2.68 bits per heavy atom. The quantitative estimate of drug-likeness (QED) is 0.592. The van der Waals surface area contributed by atoms with Gasteiger partial charge in [-0.05, 0) is 12.5 Å². The smallest absolute Gasteiger partial charge is 0.270 e. The van der Waals surface area contributed by atoms with Crippen LogP contribution >= 0.6 is 0 Å². The van der Waals surface area contributed by atoms with Gasteiger partial charge >= 0.3 is 0 Å². The van der Waals surface area contributed by atoms with E-state index in [9.17, 15) is 22.9 Å². The zero-order valence-corrected chi connectivity index (χ0v) is 11.0. The van der Waals surface area contributed by atoms with Crippen molar-refractivity contribution in [3.8, 4) is 0 Å². The summed E-state index contributed by atoms with van der Waals surface area (Å²) in [4.78, 5) is 9.00. The molecule has 0 saturated carbocycles. The van der Waals surface area contributed by atoms with Crippen LogP contribution in [-0.4, -0.2) is 25.9 Å². The van der Waals surface area contributed by atoms with Crippen molar-refractivity contribution >= 4 is 15.7 Å². The Morgan fingerprint density at radius 1 is 1.53 bits per heavy atom. The number of halogens is 1. The van der Waals surface area contributed by atoms with E-state index in [1.165, 1.54) is 0 Å². The minimum absolute atomic E-state index is 0.0685. The average Bonchev–Trinajstić information content (AvgIpc) is 2.36. The maximum atomic E-state index is 13.5. The van der Waals surface area contributed by atoms with Gasteiger partial charge in [-0.15, -0.1) is 0 Å². The van der Waals surface area contributed by atoms with Gasteiger partial charge < -0.3 is 5.73 Å². The Balaban J connectivity index is 3.06. The summed E-state index contributed by atoms with van der Waals surface area (Å²) in [6.45, 7) is 1.70. The molecule has 19 heavy (non-hydrogen) atoms. The molecule has 0 radical (unpaired) electrons. The summed E-state index contributed by atoms with van der Waals surface area (Å²) in [5.41, 5.74) is 5.05. The van der Waals surface area contributed by atoms with Gasteiger partial charge in [0.1, 0.15) is 10.7 Å². The van der Waals surface area contributed by atoms with Crippen molar-refractivity contribution in [3.05, 3.63) is 34.1 Å². The molecule has 0 spiro atoms. The van der Waals surface area contributed by atoms with E-state index < -0.39 is 37.4 Å².